The van der Waals surface area contributed by atoms with Crippen molar-refractivity contribution in [2.45, 2.75) is 13.3 Å². The molecule has 0 nitrogen and oxygen atoms in total. The molecule has 2 unspecified atom stereocenters. The molecule has 0 saturated heterocycles. The third-order valence-corrected chi connectivity index (χ3v) is 1.63. The first-order valence-corrected chi connectivity index (χ1v) is 3.14. The second kappa shape index (κ2) is 2.17. The Morgan fingerprint density at radius 1 is 1.62 bits per heavy atom. The first-order valence-electron chi connectivity index (χ1n) is 3.14. The summed E-state index contributed by atoms with van der Waals surface area (Å²) in [6, 6.07) is 0. The van der Waals surface area contributed by atoms with Crippen molar-refractivity contribution < 1.29 is 0 Å². The number of allylic oxidation sites excluding steroid dienone is 3. The Hall–Kier alpha value is -0.520. The van der Waals surface area contributed by atoms with Gasteiger partial charge in [-0.05, 0) is 18.3 Å². The molecule has 0 spiro atoms. The number of hydrogen-bond donors (Lipinski definition) is 0. The summed E-state index contributed by atoms with van der Waals surface area (Å²) in [5.41, 5.74) is 0. The lowest BCUT2D eigenvalue weighted by atomic mass is 10.1. The predicted octanol–water partition coefficient (Wildman–Crippen LogP) is 2.38. The van der Waals surface area contributed by atoms with Gasteiger partial charge < -0.3 is 0 Å². The molecule has 0 aromatic rings. The van der Waals surface area contributed by atoms with Gasteiger partial charge in [0.2, 0.25) is 0 Å². The van der Waals surface area contributed by atoms with Crippen LogP contribution in [-0.4, -0.2) is 0 Å². The molecule has 2 atom stereocenters. The Bertz CT molecular complexity index is 111. The highest BCUT2D eigenvalue weighted by atomic mass is 14.1. The topological polar surface area (TPSA) is 0 Å². The molecule has 0 saturated carbocycles. The van der Waals surface area contributed by atoms with Crippen LogP contribution in [-0.2, 0) is 0 Å². The van der Waals surface area contributed by atoms with E-state index in [1.165, 1.54) is 6.42 Å². The summed E-state index contributed by atoms with van der Waals surface area (Å²) in [5.74, 6) is 1.43. The number of rotatable bonds is 1. The van der Waals surface area contributed by atoms with Crippen molar-refractivity contribution in [1.29, 1.82) is 0 Å². The molecule has 8 heavy (non-hydrogen) atoms. The van der Waals surface area contributed by atoms with Crippen LogP contribution < -0.4 is 0 Å². The van der Waals surface area contributed by atoms with Gasteiger partial charge in [0.1, 0.15) is 0 Å². The van der Waals surface area contributed by atoms with Crippen LogP contribution in [0.15, 0.2) is 24.8 Å². The first-order chi connectivity index (χ1) is 3.83. The predicted molar refractivity (Wildman–Crippen MR) is 36.6 cm³/mol. The van der Waals surface area contributed by atoms with Crippen LogP contribution in [0, 0.1) is 11.8 Å². The Labute approximate surface area is 50.9 Å². The second-order valence-electron chi connectivity index (χ2n) is 2.50. The summed E-state index contributed by atoms with van der Waals surface area (Å²) < 4.78 is 0. The van der Waals surface area contributed by atoms with Crippen LogP contribution in [0.4, 0.5) is 0 Å². The van der Waals surface area contributed by atoms with Crippen molar-refractivity contribution >= 4 is 0 Å². The zero-order valence-corrected chi connectivity index (χ0v) is 5.30. The maximum absolute atomic E-state index is 3.73. The highest BCUT2D eigenvalue weighted by Crippen LogP contribution is 2.22. The summed E-state index contributed by atoms with van der Waals surface area (Å²) in [5, 5.41) is 0. The Balaban J connectivity index is 2.45. The quantitative estimate of drug-likeness (QED) is 0.452. The Morgan fingerprint density at radius 3 is 2.62 bits per heavy atom. The van der Waals surface area contributed by atoms with Crippen LogP contribution in [0.5, 0.6) is 0 Å². The van der Waals surface area contributed by atoms with Gasteiger partial charge in [0.25, 0.3) is 0 Å². The van der Waals surface area contributed by atoms with Gasteiger partial charge >= 0.3 is 0 Å². The molecule has 1 aliphatic rings. The average molecular weight is 108 g/mol. The highest BCUT2D eigenvalue weighted by Gasteiger charge is 2.10. The van der Waals surface area contributed by atoms with E-state index in [1.54, 1.807) is 0 Å². The van der Waals surface area contributed by atoms with E-state index in [2.05, 4.69) is 25.7 Å². The van der Waals surface area contributed by atoms with Crippen molar-refractivity contribution in [1.82, 2.24) is 0 Å². The molecule has 0 aromatic heterocycles. The van der Waals surface area contributed by atoms with Gasteiger partial charge in [-0.1, -0.05) is 25.2 Å². The smallest absolute Gasteiger partial charge is 0.00506 e. The zero-order chi connectivity index (χ0) is 5.98. The van der Waals surface area contributed by atoms with Gasteiger partial charge in [-0.3, -0.25) is 0 Å². The maximum Gasteiger partial charge on any atom is -0.00506 e. The normalized spacial score (nSPS) is 35.6. The standard InChI is InChI=1S/C8H12/c1-3-8-5-4-7(2)6-8/h3-5,7-8H,1,6H2,2H3. The van der Waals surface area contributed by atoms with Gasteiger partial charge in [0, 0.05) is 0 Å². The van der Waals surface area contributed by atoms with E-state index in [4.69, 9.17) is 0 Å². The lowest BCUT2D eigenvalue weighted by Gasteiger charge is -1.99. The largest absolute Gasteiger partial charge is 0.102 e. The molecule has 0 amide bonds. The summed E-state index contributed by atoms with van der Waals surface area (Å²) in [7, 11) is 0. The number of hydrogen-bond acceptors (Lipinski definition) is 0. The molecule has 0 N–H and O–H groups in total. The lowest BCUT2D eigenvalue weighted by molar-refractivity contribution is 0.630. The fraction of sp³-hybridized carbons (Fsp3) is 0.500. The maximum atomic E-state index is 3.73. The fourth-order valence-electron chi connectivity index (χ4n) is 1.09. The molecular weight excluding hydrogens is 96.1 g/mol. The van der Waals surface area contributed by atoms with Crippen LogP contribution in [0.1, 0.15) is 13.3 Å². The van der Waals surface area contributed by atoms with E-state index in [0.29, 0.717) is 5.92 Å². The van der Waals surface area contributed by atoms with E-state index >= 15 is 0 Å². The monoisotopic (exact) mass is 108 g/mol. The highest BCUT2D eigenvalue weighted by molar-refractivity contribution is 5.06. The molecule has 0 bridgehead atoms. The molecule has 0 aliphatic heterocycles. The molecule has 0 heterocycles. The zero-order valence-electron chi connectivity index (χ0n) is 5.30. The molecule has 1 rings (SSSR count). The van der Waals surface area contributed by atoms with Gasteiger partial charge in [0.15, 0.2) is 0 Å². The van der Waals surface area contributed by atoms with Crippen molar-refractivity contribution in [3.8, 4) is 0 Å². The first kappa shape index (κ1) is 5.61. The van der Waals surface area contributed by atoms with Crippen molar-refractivity contribution in [2.24, 2.45) is 11.8 Å². The van der Waals surface area contributed by atoms with Crippen LogP contribution in [0.2, 0.25) is 0 Å². The van der Waals surface area contributed by atoms with Gasteiger partial charge in [-0.25, -0.2) is 0 Å². The van der Waals surface area contributed by atoms with E-state index in [1.807, 2.05) is 6.08 Å². The molecule has 0 heteroatoms. The summed E-state index contributed by atoms with van der Waals surface area (Å²) in [6.07, 6.45) is 7.77. The summed E-state index contributed by atoms with van der Waals surface area (Å²) in [4.78, 5) is 0. The second-order valence-corrected chi connectivity index (χ2v) is 2.50. The summed E-state index contributed by atoms with van der Waals surface area (Å²) in [6.45, 7) is 5.96. The third kappa shape index (κ3) is 1.00. The minimum atomic E-state index is 0.657. The van der Waals surface area contributed by atoms with Crippen LogP contribution >= 0.6 is 0 Å². The van der Waals surface area contributed by atoms with E-state index in [0.717, 1.165) is 5.92 Å². The average Bonchev–Trinajstić information content (AvgIpc) is 2.14. The minimum absolute atomic E-state index is 0.657. The van der Waals surface area contributed by atoms with Crippen LogP contribution in [0.3, 0.4) is 0 Å². The molecule has 0 radical (unpaired) electrons. The van der Waals surface area contributed by atoms with Crippen molar-refractivity contribution in [3.63, 3.8) is 0 Å². The molecule has 0 fully saturated rings. The fourth-order valence-corrected chi connectivity index (χ4v) is 1.09. The van der Waals surface area contributed by atoms with Gasteiger partial charge in [-0.2, -0.15) is 0 Å². The SMILES string of the molecule is C=CC1C=CC(C)C1. The van der Waals surface area contributed by atoms with E-state index in [-0.39, 0.29) is 0 Å². The van der Waals surface area contributed by atoms with E-state index < -0.39 is 0 Å². The third-order valence-electron chi connectivity index (χ3n) is 1.63. The minimum Gasteiger partial charge on any atom is -0.102 e. The molecular formula is C8H12. The Kier molecular flexibility index (Phi) is 1.52. The molecule has 0 aromatic carbocycles. The molecule has 1 aliphatic carbocycles. The van der Waals surface area contributed by atoms with Gasteiger partial charge in [-0.15, -0.1) is 6.58 Å². The van der Waals surface area contributed by atoms with Gasteiger partial charge in [0.05, 0.1) is 0 Å². The Morgan fingerprint density at radius 2 is 2.38 bits per heavy atom. The van der Waals surface area contributed by atoms with Crippen molar-refractivity contribution in [3.05, 3.63) is 24.8 Å². The van der Waals surface area contributed by atoms with E-state index in [9.17, 15) is 0 Å². The van der Waals surface area contributed by atoms with Crippen LogP contribution in [0.25, 0.3) is 0 Å². The van der Waals surface area contributed by atoms with Crippen molar-refractivity contribution in [2.75, 3.05) is 0 Å². The molecule has 44 valence electrons. The lowest BCUT2D eigenvalue weighted by Crippen LogP contribution is -1.88. The summed E-state index contributed by atoms with van der Waals surface area (Å²) >= 11 is 0.